The first-order chi connectivity index (χ1) is 6.52. The summed E-state index contributed by atoms with van der Waals surface area (Å²) in [6.07, 6.45) is 1.50. The number of nitrogens with one attached hydrogen (secondary N) is 1. The van der Waals surface area contributed by atoms with Gasteiger partial charge in [0.2, 0.25) is 5.91 Å². The number of rotatable bonds is 6. The van der Waals surface area contributed by atoms with E-state index in [-0.39, 0.29) is 11.8 Å². The maximum absolute atomic E-state index is 11.2. The normalized spacial score (nSPS) is 13.4. The Morgan fingerprint density at radius 1 is 1.29 bits per heavy atom. The molecular weight excluding hydrogens is 178 g/mol. The summed E-state index contributed by atoms with van der Waals surface area (Å²) in [5.74, 6) is 0.293. The lowest BCUT2D eigenvalue weighted by molar-refractivity contribution is -0.124. The fraction of sp³-hybridized carbons (Fsp3) is 0.909. The molecule has 0 aliphatic rings. The third kappa shape index (κ3) is 4.61. The first kappa shape index (κ1) is 13.4. The molecule has 0 radical (unpaired) electrons. The van der Waals surface area contributed by atoms with Gasteiger partial charge in [0.1, 0.15) is 0 Å². The summed E-state index contributed by atoms with van der Waals surface area (Å²) in [5.41, 5.74) is 0. The summed E-state index contributed by atoms with van der Waals surface area (Å²) in [6.45, 7) is 8.18. The van der Waals surface area contributed by atoms with Gasteiger partial charge >= 0.3 is 0 Å². The van der Waals surface area contributed by atoms with Gasteiger partial charge in [-0.3, -0.25) is 4.79 Å². The Morgan fingerprint density at radius 2 is 1.79 bits per heavy atom. The highest BCUT2D eigenvalue weighted by molar-refractivity contribution is 5.77. The summed E-state index contributed by atoms with van der Waals surface area (Å²) < 4.78 is 0. The van der Waals surface area contributed by atoms with Crippen LogP contribution in [0.25, 0.3) is 0 Å². The molecule has 3 nitrogen and oxygen atoms in total. The van der Waals surface area contributed by atoms with E-state index in [1.165, 1.54) is 0 Å². The van der Waals surface area contributed by atoms with Gasteiger partial charge in [0.25, 0.3) is 0 Å². The summed E-state index contributed by atoms with van der Waals surface area (Å²) >= 11 is 0. The smallest absolute Gasteiger partial charge is 0.222 e. The van der Waals surface area contributed by atoms with Crippen LogP contribution in [0.15, 0.2) is 0 Å². The van der Waals surface area contributed by atoms with E-state index in [4.69, 9.17) is 0 Å². The van der Waals surface area contributed by atoms with E-state index >= 15 is 0 Å². The van der Waals surface area contributed by atoms with Gasteiger partial charge < -0.3 is 10.4 Å². The minimum absolute atomic E-state index is 0.00926. The molecule has 84 valence electrons. The van der Waals surface area contributed by atoms with E-state index in [2.05, 4.69) is 19.2 Å². The summed E-state index contributed by atoms with van der Waals surface area (Å²) in [4.78, 5) is 11.2. The van der Waals surface area contributed by atoms with Crippen LogP contribution < -0.4 is 5.32 Å². The molecule has 0 saturated heterocycles. The molecule has 1 atom stereocenters. The van der Waals surface area contributed by atoms with Crippen molar-refractivity contribution in [3.8, 4) is 0 Å². The second-order valence-electron chi connectivity index (χ2n) is 4.04. The highest BCUT2D eigenvalue weighted by Crippen LogP contribution is 2.12. The fourth-order valence-electron chi connectivity index (χ4n) is 1.41. The molecule has 0 heterocycles. The van der Waals surface area contributed by atoms with Crippen LogP contribution in [0.1, 0.15) is 40.5 Å². The first-order valence-corrected chi connectivity index (χ1v) is 5.48. The molecule has 0 aromatic carbocycles. The molecule has 0 saturated carbocycles. The largest absolute Gasteiger partial charge is 0.391 e. The van der Waals surface area contributed by atoms with Crippen molar-refractivity contribution in [2.45, 2.75) is 46.6 Å². The van der Waals surface area contributed by atoms with Crippen LogP contribution in [0, 0.1) is 11.8 Å². The molecule has 0 aliphatic carbocycles. The fourth-order valence-corrected chi connectivity index (χ4v) is 1.41. The molecule has 0 rings (SSSR count). The van der Waals surface area contributed by atoms with Gasteiger partial charge in [0, 0.05) is 12.5 Å². The third-order valence-electron chi connectivity index (χ3n) is 2.60. The van der Waals surface area contributed by atoms with Crippen LogP contribution in [-0.4, -0.2) is 23.7 Å². The van der Waals surface area contributed by atoms with Crippen molar-refractivity contribution in [3.05, 3.63) is 0 Å². The molecule has 3 heteroatoms. The van der Waals surface area contributed by atoms with Crippen molar-refractivity contribution in [2.24, 2.45) is 11.8 Å². The lowest BCUT2D eigenvalue weighted by Gasteiger charge is -2.20. The van der Waals surface area contributed by atoms with E-state index < -0.39 is 6.10 Å². The van der Waals surface area contributed by atoms with Crippen LogP contribution in [0.2, 0.25) is 0 Å². The zero-order valence-electron chi connectivity index (χ0n) is 9.71. The minimum atomic E-state index is -0.410. The van der Waals surface area contributed by atoms with Crippen LogP contribution >= 0.6 is 0 Å². The molecule has 2 N–H and O–H groups in total. The topological polar surface area (TPSA) is 49.3 Å². The van der Waals surface area contributed by atoms with Crippen LogP contribution in [0.5, 0.6) is 0 Å². The highest BCUT2D eigenvalue weighted by Gasteiger charge is 2.16. The summed E-state index contributed by atoms with van der Waals surface area (Å²) in [5, 5.41) is 12.5. The maximum Gasteiger partial charge on any atom is 0.222 e. The first-order valence-electron chi connectivity index (χ1n) is 5.48. The van der Waals surface area contributed by atoms with Crippen LogP contribution in [-0.2, 0) is 4.79 Å². The van der Waals surface area contributed by atoms with Crippen LogP contribution in [0.3, 0.4) is 0 Å². The number of amides is 1. The Hall–Kier alpha value is -0.570. The van der Waals surface area contributed by atoms with Crippen molar-refractivity contribution in [3.63, 3.8) is 0 Å². The number of aliphatic hydroxyl groups is 1. The molecule has 0 aromatic rings. The van der Waals surface area contributed by atoms with E-state index in [0.29, 0.717) is 12.5 Å². The Morgan fingerprint density at radius 3 is 2.14 bits per heavy atom. The predicted molar refractivity (Wildman–Crippen MR) is 57.9 cm³/mol. The second-order valence-corrected chi connectivity index (χ2v) is 4.04. The van der Waals surface area contributed by atoms with Gasteiger partial charge in [-0.15, -0.1) is 0 Å². The van der Waals surface area contributed by atoms with E-state index in [0.717, 1.165) is 12.8 Å². The average Bonchev–Trinajstić information content (AvgIpc) is 2.15. The van der Waals surface area contributed by atoms with Gasteiger partial charge in [-0.25, -0.2) is 0 Å². The van der Waals surface area contributed by atoms with E-state index in [1.807, 2.05) is 13.8 Å². The number of carbonyl (C=O) groups excluding carboxylic acids is 1. The number of hydrogen-bond acceptors (Lipinski definition) is 2. The second kappa shape index (κ2) is 6.82. The molecule has 0 aliphatic heterocycles. The van der Waals surface area contributed by atoms with Crippen LogP contribution in [0.4, 0.5) is 0 Å². The molecule has 14 heavy (non-hydrogen) atoms. The summed E-state index contributed by atoms with van der Waals surface area (Å²) in [6, 6.07) is 0. The van der Waals surface area contributed by atoms with Gasteiger partial charge in [-0.2, -0.15) is 0 Å². The average molecular weight is 201 g/mol. The van der Waals surface area contributed by atoms with Crippen molar-refractivity contribution in [1.82, 2.24) is 5.32 Å². The number of hydrogen-bond donors (Lipinski definition) is 2. The molecule has 1 unspecified atom stereocenters. The molecule has 0 spiro atoms. The SMILES string of the molecule is CCC(CC)C(O)CNC(=O)C(C)C. The predicted octanol–water partition coefficient (Wildman–Crippen LogP) is 1.56. The molecule has 0 bridgehead atoms. The minimum Gasteiger partial charge on any atom is -0.391 e. The van der Waals surface area contributed by atoms with Crippen molar-refractivity contribution >= 4 is 5.91 Å². The van der Waals surface area contributed by atoms with Gasteiger partial charge in [0.05, 0.1) is 6.10 Å². The zero-order chi connectivity index (χ0) is 11.1. The standard InChI is InChI=1S/C11H23NO2/c1-5-9(6-2)10(13)7-12-11(14)8(3)4/h8-10,13H,5-7H2,1-4H3,(H,12,14). The van der Waals surface area contributed by atoms with Crippen molar-refractivity contribution in [1.29, 1.82) is 0 Å². The Kier molecular flexibility index (Phi) is 6.54. The maximum atomic E-state index is 11.2. The van der Waals surface area contributed by atoms with Gasteiger partial charge in [0.15, 0.2) is 0 Å². The number of aliphatic hydroxyl groups excluding tert-OH is 1. The Bertz CT molecular complexity index is 165. The van der Waals surface area contributed by atoms with Crippen molar-refractivity contribution < 1.29 is 9.90 Å². The lowest BCUT2D eigenvalue weighted by atomic mass is 9.96. The van der Waals surface area contributed by atoms with Gasteiger partial charge in [-0.05, 0) is 5.92 Å². The monoisotopic (exact) mass is 201 g/mol. The Balaban J connectivity index is 3.83. The van der Waals surface area contributed by atoms with E-state index in [1.54, 1.807) is 0 Å². The quantitative estimate of drug-likeness (QED) is 0.685. The molecule has 0 aromatic heterocycles. The lowest BCUT2D eigenvalue weighted by Crippen LogP contribution is -2.37. The highest BCUT2D eigenvalue weighted by atomic mass is 16.3. The van der Waals surface area contributed by atoms with Crippen molar-refractivity contribution in [2.75, 3.05) is 6.54 Å². The Labute approximate surface area is 86.9 Å². The van der Waals surface area contributed by atoms with Gasteiger partial charge in [-0.1, -0.05) is 40.5 Å². The molecule has 1 amide bonds. The zero-order valence-corrected chi connectivity index (χ0v) is 9.71. The van der Waals surface area contributed by atoms with E-state index in [9.17, 15) is 9.90 Å². The number of carbonyl (C=O) groups is 1. The summed E-state index contributed by atoms with van der Waals surface area (Å²) in [7, 11) is 0. The molecular formula is C11H23NO2. The third-order valence-corrected chi connectivity index (χ3v) is 2.60. The molecule has 0 fully saturated rings.